The van der Waals surface area contributed by atoms with Crippen LogP contribution in [0.15, 0.2) is 42.5 Å². The molecule has 2 aliphatic rings. The van der Waals surface area contributed by atoms with Crippen molar-refractivity contribution in [3.63, 3.8) is 0 Å². The highest BCUT2D eigenvalue weighted by atomic mass is 19.1. The van der Waals surface area contributed by atoms with Gasteiger partial charge in [0.05, 0.1) is 5.69 Å². The van der Waals surface area contributed by atoms with E-state index in [0.717, 1.165) is 0 Å². The first-order chi connectivity index (χ1) is 10.2. The standard InChI is InChI=1S/C17H13F2NO/c18-13-5-2-1-4-10(13)11-9-17(21)20-15-7-3-6-14(19)12(15)8-16(11)20/h1-7,11,16H,8-9H2/t11-,16+/m0/s1. The van der Waals surface area contributed by atoms with E-state index in [0.29, 0.717) is 23.2 Å². The summed E-state index contributed by atoms with van der Waals surface area (Å²) in [6.07, 6.45) is 0.730. The van der Waals surface area contributed by atoms with Gasteiger partial charge in [0.1, 0.15) is 11.6 Å². The van der Waals surface area contributed by atoms with Crippen LogP contribution >= 0.6 is 0 Å². The number of rotatable bonds is 1. The summed E-state index contributed by atoms with van der Waals surface area (Å²) >= 11 is 0. The van der Waals surface area contributed by atoms with Crippen LogP contribution in [0.3, 0.4) is 0 Å². The second-order valence-electron chi connectivity index (χ2n) is 5.60. The lowest BCUT2D eigenvalue weighted by molar-refractivity contribution is -0.117. The maximum Gasteiger partial charge on any atom is 0.227 e. The zero-order chi connectivity index (χ0) is 14.6. The molecule has 4 heteroatoms. The number of carbonyl (C=O) groups excluding carboxylic acids is 1. The second-order valence-corrected chi connectivity index (χ2v) is 5.60. The lowest BCUT2D eigenvalue weighted by atomic mass is 9.89. The summed E-state index contributed by atoms with van der Waals surface area (Å²) in [6.45, 7) is 0. The normalized spacial score (nSPS) is 23.3. The van der Waals surface area contributed by atoms with E-state index in [9.17, 15) is 13.6 Å². The third-order valence-corrected chi connectivity index (χ3v) is 4.53. The summed E-state index contributed by atoms with van der Waals surface area (Å²) in [4.78, 5) is 14.0. The van der Waals surface area contributed by atoms with Crippen molar-refractivity contribution in [3.05, 3.63) is 65.2 Å². The minimum absolute atomic E-state index is 0.0578. The van der Waals surface area contributed by atoms with Gasteiger partial charge in [-0.1, -0.05) is 24.3 Å². The molecule has 0 aliphatic carbocycles. The van der Waals surface area contributed by atoms with Crippen molar-refractivity contribution >= 4 is 11.6 Å². The maximum absolute atomic E-state index is 14.0. The van der Waals surface area contributed by atoms with Gasteiger partial charge in [0, 0.05) is 23.9 Å². The number of amides is 1. The number of hydrogen-bond acceptors (Lipinski definition) is 1. The van der Waals surface area contributed by atoms with Crippen LogP contribution < -0.4 is 4.90 Å². The molecule has 106 valence electrons. The Bertz CT molecular complexity index is 743. The molecule has 2 aromatic carbocycles. The Hall–Kier alpha value is -2.23. The number of carbonyl (C=O) groups is 1. The molecule has 0 bridgehead atoms. The lowest BCUT2D eigenvalue weighted by Gasteiger charge is -2.21. The minimum Gasteiger partial charge on any atom is -0.308 e. The van der Waals surface area contributed by atoms with Gasteiger partial charge in [-0.15, -0.1) is 0 Å². The Kier molecular flexibility index (Phi) is 2.61. The van der Waals surface area contributed by atoms with E-state index in [1.165, 1.54) is 12.1 Å². The molecule has 2 aliphatic heterocycles. The van der Waals surface area contributed by atoms with Crippen LogP contribution in [0.1, 0.15) is 23.5 Å². The van der Waals surface area contributed by atoms with E-state index in [4.69, 9.17) is 0 Å². The van der Waals surface area contributed by atoms with Crippen molar-refractivity contribution in [3.8, 4) is 0 Å². The van der Waals surface area contributed by atoms with Gasteiger partial charge in [0.2, 0.25) is 5.91 Å². The van der Waals surface area contributed by atoms with Gasteiger partial charge in [-0.3, -0.25) is 4.79 Å². The fourth-order valence-corrected chi connectivity index (χ4v) is 3.61. The quantitative estimate of drug-likeness (QED) is 0.786. The fourth-order valence-electron chi connectivity index (χ4n) is 3.61. The highest BCUT2D eigenvalue weighted by Crippen LogP contribution is 2.46. The summed E-state index contributed by atoms with van der Waals surface area (Å²) in [5, 5.41) is 0. The Morgan fingerprint density at radius 1 is 0.952 bits per heavy atom. The highest BCUT2D eigenvalue weighted by molar-refractivity contribution is 5.99. The molecule has 0 spiro atoms. The van der Waals surface area contributed by atoms with Gasteiger partial charge in [-0.2, -0.15) is 0 Å². The predicted molar refractivity (Wildman–Crippen MR) is 75.1 cm³/mol. The number of halogens is 2. The van der Waals surface area contributed by atoms with Crippen LogP contribution in [-0.4, -0.2) is 11.9 Å². The summed E-state index contributed by atoms with van der Waals surface area (Å²) in [7, 11) is 0. The summed E-state index contributed by atoms with van der Waals surface area (Å²) in [6, 6.07) is 11.1. The Morgan fingerprint density at radius 2 is 1.71 bits per heavy atom. The average Bonchev–Trinajstić information content (AvgIpc) is 2.99. The van der Waals surface area contributed by atoms with Crippen molar-refractivity contribution in [2.24, 2.45) is 0 Å². The van der Waals surface area contributed by atoms with E-state index in [1.807, 2.05) is 0 Å². The van der Waals surface area contributed by atoms with E-state index < -0.39 is 0 Å². The number of nitrogens with zero attached hydrogens (tertiary/aromatic N) is 1. The summed E-state index contributed by atoms with van der Waals surface area (Å²) in [5.74, 6) is -0.862. The molecule has 2 heterocycles. The van der Waals surface area contributed by atoms with Crippen LogP contribution in [0.2, 0.25) is 0 Å². The molecule has 4 rings (SSSR count). The van der Waals surface area contributed by atoms with E-state index >= 15 is 0 Å². The summed E-state index contributed by atoms with van der Waals surface area (Å²) < 4.78 is 28.0. The maximum atomic E-state index is 14.0. The Labute approximate surface area is 121 Å². The number of fused-ring (bicyclic) bond motifs is 3. The zero-order valence-electron chi connectivity index (χ0n) is 11.2. The van der Waals surface area contributed by atoms with Crippen molar-refractivity contribution < 1.29 is 13.6 Å². The number of hydrogen-bond donors (Lipinski definition) is 0. The second kappa shape index (κ2) is 4.38. The first kappa shape index (κ1) is 12.5. The van der Waals surface area contributed by atoms with E-state index in [-0.39, 0.29) is 35.9 Å². The third-order valence-electron chi connectivity index (χ3n) is 4.53. The number of anilines is 1. The molecule has 1 amide bonds. The molecular weight excluding hydrogens is 272 g/mol. The molecule has 21 heavy (non-hydrogen) atoms. The first-order valence-electron chi connectivity index (χ1n) is 7.00. The van der Waals surface area contributed by atoms with Crippen molar-refractivity contribution in [2.75, 3.05) is 4.90 Å². The summed E-state index contributed by atoms with van der Waals surface area (Å²) in [5.41, 5.74) is 1.76. The molecule has 2 nitrogen and oxygen atoms in total. The Balaban J connectivity index is 1.79. The Morgan fingerprint density at radius 3 is 2.52 bits per heavy atom. The SMILES string of the molecule is O=C1C[C@@H](c2ccccc2F)[C@H]2Cc3c(F)cccc3N12. The minimum atomic E-state index is -0.298. The third kappa shape index (κ3) is 1.71. The fraction of sp³-hybridized carbons (Fsp3) is 0.235. The van der Waals surface area contributed by atoms with Crippen LogP contribution in [0, 0.1) is 11.6 Å². The van der Waals surface area contributed by atoms with Crippen molar-refractivity contribution in [1.82, 2.24) is 0 Å². The lowest BCUT2D eigenvalue weighted by Crippen LogP contribution is -2.31. The topological polar surface area (TPSA) is 20.3 Å². The smallest absolute Gasteiger partial charge is 0.227 e. The van der Waals surface area contributed by atoms with Gasteiger partial charge in [0.25, 0.3) is 0 Å². The molecule has 1 saturated heterocycles. The highest BCUT2D eigenvalue weighted by Gasteiger charge is 2.47. The zero-order valence-corrected chi connectivity index (χ0v) is 11.2. The van der Waals surface area contributed by atoms with E-state index in [1.54, 1.807) is 35.2 Å². The van der Waals surface area contributed by atoms with Crippen LogP contribution in [0.5, 0.6) is 0 Å². The van der Waals surface area contributed by atoms with Gasteiger partial charge >= 0.3 is 0 Å². The molecule has 0 aromatic heterocycles. The molecule has 0 saturated carbocycles. The van der Waals surface area contributed by atoms with Gasteiger partial charge in [-0.05, 0) is 30.2 Å². The van der Waals surface area contributed by atoms with Crippen molar-refractivity contribution in [1.29, 1.82) is 0 Å². The molecule has 2 atom stereocenters. The first-order valence-corrected chi connectivity index (χ1v) is 7.00. The molecule has 0 radical (unpaired) electrons. The predicted octanol–water partition coefficient (Wildman–Crippen LogP) is 3.41. The largest absolute Gasteiger partial charge is 0.308 e. The molecule has 2 aromatic rings. The van der Waals surface area contributed by atoms with Crippen LogP contribution in [-0.2, 0) is 11.2 Å². The monoisotopic (exact) mass is 285 g/mol. The molecular formula is C17H13F2NO. The van der Waals surface area contributed by atoms with Crippen LogP contribution in [0.4, 0.5) is 14.5 Å². The van der Waals surface area contributed by atoms with Crippen molar-refractivity contribution in [2.45, 2.75) is 24.8 Å². The molecule has 1 fully saturated rings. The van der Waals surface area contributed by atoms with Crippen LogP contribution in [0.25, 0.3) is 0 Å². The average molecular weight is 285 g/mol. The molecule has 0 N–H and O–H groups in total. The number of benzene rings is 2. The van der Waals surface area contributed by atoms with Gasteiger partial charge in [0.15, 0.2) is 0 Å². The van der Waals surface area contributed by atoms with Gasteiger partial charge in [-0.25, -0.2) is 8.78 Å². The molecule has 0 unspecified atom stereocenters. The van der Waals surface area contributed by atoms with Gasteiger partial charge < -0.3 is 4.90 Å². The van der Waals surface area contributed by atoms with E-state index in [2.05, 4.69) is 0 Å².